The van der Waals surface area contributed by atoms with E-state index in [1.165, 1.54) is 37.0 Å². The van der Waals surface area contributed by atoms with Gasteiger partial charge in [-0.25, -0.2) is 4.98 Å². The molecule has 142 valence electrons. The van der Waals surface area contributed by atoms with Gasteiger partial charge in [-0.05, 0) is 18.9 Å². The van der Waals surface area contributed by atoms with E-state index >= 15 is 0 Å². The minimum absolute atomic E-state index is 0.438. The number of rotatable bonds is 5. The van der Waals surface area contributed by atoms with E-state index in [0.29, 0.717) is 12.6 Å². The summed E-state index contributed by atoms with van der Waals surface area (Å²) >= 11 is 3.62. The van der Waals surface area contributed by atoms with Crippen molar-refractivity contribution >= 4 is 34.7 Å². The lowest BCUT2D eigenvalue weighted by molar-refractivity contribution is 0.544. The van der Waals surface area contributed by atoms with Crippen molar-refractivity contribution in [2.24, 2.45) is 12.0 Å². The second-order valence-corrected chi connectivity index (χ2v) is 9.46. The first kappa shape index (κ1) is 17.5. The molecule has 0 spiro atoms. The van der Waals surface area contributed by atoms with Crippen molar-refractivity contribution in [3.63, 3.8) is 0 Å². The lowest BCUT2D eigenvalue weighted by atomic mass is 10.1. The normalized spacial score (nSPS) is 23.2. The fraction of sp³-hybridized carbons (Fsp3) is 0.526. The molecule has 3 aliphatic rings. The summed E-state index contributed by atoms with van der Waals surface area (Å²) in [5.74, 6) is 1.02. The largest absolute Gasteiger partial charge is 0.326 e. The van der Waals surface area contributed by atoms with E-state index in [9.17, 15) is 0 Å². The van der Waals surface area contributed by atoms with Gasteiger partial charge in [0.1, 0.15) is 0 Å². The molecule has 2 fully saturated rings. The fourth-order valence-electron chi connectivity index (χ4n) is 4.17. The average molecular weight is 401 g/mol. The predicted molar refractivity (Wildman–Crippen MR) is 112 cm³/mol. The van der Waals surface area contributed by atoms with Crippen LogP contribution < -0.4 is 4.72 Å². The van der Waals surface area contributed by atoms with Crippen LogP contribution in [0.25, 0.3) is 5.57 Å². The number of aryl methyl sites for hydroxylation is 1. The topological polar surface area (TPSA) is 58.3 Å². The molecule has 8 heteroatoms. The zero-order valence-electron chi connectivity index (χ0n) is 15.5. The molecule has 1 atom stereocenters. The van der Waals surface area contributed by atoms with Gasteiger partial charge < -0.3 is 4.90 Å². The summed E-state index contributed by atoms with van der Waals surface area (Å²) in [5, 5.41) is 8.45. The molecule has 6 nitrogen and oxygen atoms in total. The van der Waals surface area contributed by atoms with Crippen molar-refractivity contribution in [3.05, 3.63) is 40.2 Å². The summed E-state index contributed by atoms with van der Waals surface area (Å²) in [6.45, 7) is 1.63. The molecule has 1 saturated carbocycles. The minimum Gasteiger partial charge on any atom is -0.326 e. The van der Waals surface area contributed by atoms with Crippen LogP contribution in [0.5, 0.6) is 0 Å². The Morgan fingerprint density at radius 2 is 2.19 bits per heavy atom. The number of hydrogen-bond acceptors (Lipinski definition) is 7. The Labute approximate surface area is 167 Å². The summed E-state index contributed by atoms with van der Waals surface area (Å²) in [6.07, 6.45) is 10.4. The Hall–Kier alpha value is -1.64. The van der Waals surface area contributed by atoms with Crippen LogP contribution in [0.15, 0.2) is 34.5 Å². The summed E-state index contributed by atoms with van der Waals surface area (Å²) < 4.78 is 5.64. The first-order chi connectivity index (χ1) is 13.3. The highest BCUT2D eigenvalue weighted by Gasteiger charge is 2.36. The molecule has 1 aliphatic carbocycles. The molecule has 4 heterocycles. The fourth-order valence-corrected chi connectivity index (χ4v) is 5.93. The van der Waals surface area contributed by atoms with Crippen LogP contribution in [0.2, 0.25) is 0 Å². The number of fused-ring (bicyclic) bond motifs is 1. The van der Waals surface area contributed by atoms with Gasteiger partial charge in [-0.3, -0.25) is 14.4 Å². The molecule has 0 bridgehead atoms. The van der Waals surface area contributed by atoms with Gasteiger partial charge in [-0.1, -0.05) is 24.8 Å². The smallest absolute Gasteiger partial charge is 0.165 e. The maximum absolute atomic E-state index is 4.90. The number of thiazole rings is 1. The van der Waals surface area contributed by atoms with Crippen LogP contribution in [0.3, 0.4) is 0 Å². The molecule has 1 N–H and O–H groups in total. The second kappa shape index (κ2) is 7.41. The number of nitrogens with one attached hydrogen (secondary N) is 1. The molecule has 2 aliphatic heterocycles. The molecule has 1 unspecified atom stereocenters. The van der Waals surface area contributed by atoms with Gasteiger partial charge in [-0.15, -0.1) is 11.3 Å². The van der Waals surface area contributed by atoms with E-state index in [1.54, 1.807) is 11.3 Å². The van der Waals surface area contributed by atoms with E-state index in [1.807, 2.05) is 41.5 Å². The molecule has 2 aromatic heterocycles. The minimum atomic E-state index is 0.438. The quantitative estimate of drug-likeness (QED) is 0.781. The summed E-state index contributed by atoms with van der Waals surface area (Å²) in [4.78, 5) is 11.8. The molecule has 2 aromatic rings. The van der Waals surface area contributed by atoms with Gasteiger partial charge in [0.25, 0.3) is 0 Å². The molecule has 0 amide bonds. The first-order valence-electron chi connectivity index (χ1n) is 9.63. The van der Waals surface area contributed by atoms with Crippen LogP contribution in [0.4, 0.5) is 0 Å². The third-order valence-electron chi connectivity index (χ3n) is 5.51. The average Bonchev–Trinajstić information content (AvgIpc) is 3.46. The molecule has 1 saturated heterocycles. The predicted octanol–water partition coefficient (Wildman–Crippen LogP) is 3.30. The molecular weight excluding hydrogens is 376 g/mol. The molecule has 5 rings (SSSR count). The highest BCUT2D eigenvalue weighted by molar-refractivity contribution is 7.98. The SMILES string of the molecule is Cn1ccc(C2=C3CC(NSC4CCCC4)CN3C(c3nccs3)=NC2)n1. The third kappa shape index (κ3) is 3.46. The van der Waals surface area contributed by atoms with Gasteiger partial charge in [0.2, 0.25) is 0 Å². The van der Waals surface area contributed by atoms with Gasteiger partial charge in [0, 0.05) is 60.3 Å². The summed E-state index contributed by atoms with van der Waals surface area (Å²) in [7, 11) is 1.97. The zero-order valence-corrected chi connectivity index (χ0v) is 17.1. The number of nitrogens with zero attached hydrogens (tertiary/aromatic N) is 5. The van der Waals surface area contributed by atoms with Crippen molar-refractivity contribution in [2.75, 3.05) is 13.1 Å². The number of aliphatic imine (C=N–C) groups is 1. The Kier molecular flexibility index (Phi) is 4.79. The van der Waals surface area contributed by atoms with Gasteiger partial charge >= 0.3 is 0 Å². The number of amidine groups is 1. The van der Waals surface area contributed by atoms with E-state index in [0.717, 1.165) is 34.8 Å². The van der Waals surface area contributed by atoms with Gasteiger partial charge in [-0.2, -0.15) is 5.10 Å². The lowest BCUT2D eigenvalue weighted by Crippen LogP contribution is -2.35. The number of aromatic nitrogens is 3. The van der Waals surface area contributed by atoms with E-state index < -0.39 is 0 Å². The maximum Gasteiger partial charge on any atom is 0.165 e. The van der Waals surface area contributed by atoms with E-state index in [4.69, 9.17) is 4.99 Å². The van der Waals surface area contributed by atoms with Crippen molar-refractivity contribution in [3.8, 4) is 0 Å². The Morgan fingerprint density at radius 3 is 2.93 bits per heavy atom. The highest BCUT2D eigenvalue weighted by atomic mass is 32.2. The third-order valence-corrected chi connectivity index (χ3v) is 7.55. The Bertz CT molecular complexity index is 863. The summed E-state index contributed by atoms with van der Waals surface area (Å²) in [5.41, 5.74) is 3.66. The zero-order chi connectivity index (χ0) is 18.2. The Morgan fingerprint density at radius 1 is 1.30 bits per heavy atom. The van der Waals surface area contributed by atoms with Crippen LogP contribution in [0.1, 0.15) is 42.8 Å². The van der Waals surface area contributed by atoms with Gasteiger partial charge in [0.05, 0.1) is 12.2 Å². The van der Waals surface area contributed by atoms with Crippen molar-refractivity contribution in [2.45, 2.75) is 43.4 Å². The molecule has 0 radical (unpaired) electrons. The second-order valence-electron chi connectivity index (χ2n) is 7.43. The monoisotopic (exact) mass is 400 g/mol. The van der Waals surface area contributed by atoms with Crippen LogP contribution in [-0.4, -0.2) is 49.9 Å². The highest BCUT2D eigenvalue weighted by Crippen LogP contribution is 2.36. The van der Waals surface area contributed by atoms with Crippen molar-refractivity contribution in [1.29, 1.82) is 0 Å². The molecule has 0 aromatic carbocycles. The first-order valence-corrected chi connectivity index (χ1v) is 11.4. The molecular formula is C19H24N6S2. The van der Waals surface area contributed by atoms with Crippen LogP contribution in [0, 0.1) is 0 Å². The van der Waals surface area contributed by atoms with Crippen LogP contribution in [-0.2, 0) is 7.05 Å². The Balaban J connectivity index is 1.41. The number of hydrogen-bond donors (Lipinski definition) is 1. The lowest BCUT2D eigenvalue weighted by Gasteiger charge is -2.27. The summed E-state index contributed by atoms with van der Waals surface area (Å²) in [6, 6.07) is 2.53. The molecule has 27 heavy (non-hydrogen) atoms. The standard InChI is InChI=1S/C19H24N6S2/c1-24-8-6-16(22-24)15-11-21-18(19-20-7-9-26-19)25-12-13(10-17(15)25)23-27-14-4-2-3-5-14/h6-9,13-14,23H,2-5,10-12H2,1H3. The van der Waals surface area contributed by atoms with Crippen LogP contribution >= 0.6 is 23.3 Å². The van der Waals surface area contributed by atoms with Gasteiger partial charge in [0.15, 0.2) is 10.8 Å². The maximum atomic E-state index is 4.90. The van der Waals surface area contributed by atoms with Crippen molar-refractivity contribution < 1.29 is 0 Å². The van der Waals surface area contributed by atoms with E-state index in [2.05, 4.69) is 25.8 Å². The van der Waals surface area contributed by atoms with Crippen molar-refractivity contribution in [1.82, 2.24) is 24.4 Å². The van der Waals surface area contributed by atoms with E-state index in [-0.39, 0.29) is 0 Å².